The van der Waals surface area contributed by atoms with E-state index in [1.807, 2.05) is 18.2 Å². The molecule has 3 N–H and O–H groups in total. The fourth-order valence-corrected chi connectivity index (χ4v) is 3.59. The molecule has 0 spiro atoms. The lowest BCUT2D eigenvalue weighted by atomic mass is 10.0. The number of benzene rings is 3. The summed E-state index contributed by atoms with van der Waals surface area (Å²) in [4.78, 5) is 13.8. The first kappa shape index (κ1) is 21.6. The normalized spacial score (nSPS) is 10.8. The number of fused-ring (bicyclic) bond motifs is 1. The standard InChI is InChI=1S/C26H30N6/c1-2-3-9-17-27-24-30-25(28-18-20-11-5-4-6-12-20)32-26(31-24)29-19-22-15-10-14-21-13-7-8-16-23(21)22/h4-8,10-16H,2-3,9,17-19H2,1H3,(H3,27,28,29,30,31,32). The topological polar surface area (TPSA) is 74.8 Å². The highest BCUT2D eigenvalue weighted by molar-refractivity contribution is 5.85. The number of nitrogens with one attached hydrogen (secondary N) is 3. The van der Waals surface area contributed by atoms with Gasteiger partial charge in [0.2, 0.25) is 17.8 Å². The van der Waals surface area contributed by atoms with Gasteiger partial charge < -0.3 is 16.0 Å². The summed E-state index contributed by atoms with van der Waals surface area (Å²) in [6, 6.07) is 25.0. The average Bonchev–Trinajstić information content (AvgIpc) is 2.85. The fraction of sp³-hybridized carbons (Fsp3) is 0.269. The SMILES string of the molecule is CCCCCNc1nc(NCc2ccccc2)nc(NCc2cccc3ccccc23)n1. The number of rotatable bonds is 11. The van der Waals surface area contributed by atoms with Crippen molar-refractivity contribution in [2.24, 2.45) is 0 Å². The summed E-state index contributed by atoms with van der Waals surface area (Å²) in [7, 11) is 0. The van der Waals surface area contributed by atoms with Crippen LogP contribution in [0.5, 0.6) is 0 Å². The molecule has 4 rings (SSSR count). The van der Waals surface area contributed by atoms with Gasteiger partial charge in [-0.15, -0.1) is 0 Å². The van der Waals surface area contributed by atoms with Crippen molar-refractivity contribution in [2.45, 2.75) is 39.3 Å². The molecule has 0 aliphatic heterocycles. The van der Waals surface area contributed by atoms with Gasteiger partial charge in [0, 0.05) is 19.6 Å². The zero-order valence-corrected chi connectivity index (χ0v) is 18.5. The van der Waals surface area contributed by atoms with Crippen LogP contribution < -0.4 is 16.0 Å². The smallest absolute Gasteiger partial charge is 0.229 e. The maximum atomic E-state index is 4.60. The lowest BCUT2D eigenvalue weighted by Gasteiger charge is -2.12. The Balaban J connectivity index is 1.49. The lowest BCUT2D eigenvalue weighted by Crippen LogP contribution is -2.13. The van der Waals surface area contributed by atoms with Crippen molar-refractivity contribution in [3.8, 4) is 0 Å². The third kappa shape index (κ3) is 5.94. The van der Waals surface area contributed by atoms with E-state index < -0.39 is 0 Å². The van der Waals surface area contributed by atoms with Crippen LogP contribution in [0.3, 0.4) is 0 Å². The van der Waals surface area contributed by atoms with Gasteiger partial charge in [0.25, 0.3) is 0 Å². The molecule has 0 aliphatic rings. The monoisotopic (exact) mass is 426 g/mol. The number of nitrogens with zero attached hydrogens (tertiary/aromatic N) is 3. The highest BCUT2D eigenvalue weighted by atomic mass is 15.3. The molecule has 3 aromatic carbocycles. The molecule has 4 aromatic rings. The first-order chi connectivity index (χ1) is 15.8. The second-order valence-corrected chi connectivity index (χ2v) is 7.77. The van der Waals surface area contributed by atoms with Gasteiger partial charge in [0.05, 0.1) is 0 Å². The van der Waals surface area contributed by atoms with Crippen molar-refractivity contribution < 1.29 is 0 Å². The third-order valence-electron chi connectivity index (χ3n) is 5.31. The Morgan fingerprint density at radius 2 is 1.28 bits per heavy atom. The van der Waals surface area contributed by atoms with Crippen molar-refractivity contribution in [1.82, 2.24) is 15.0 Å². The Morgan fingerprint density at radius 1 is 0.625 bits per heavy atom. The molecule has 1 aromatic heterocycles. The van der Waals surface area contributed by atoms with E-state index in [1.54, 1.807) is 0 Å². The molecular weight excluding hydrogens is 396 g/mol. The van der Waals surface area contributed by atoms with E-state index >= 15 is 0 Å². The van der Waals surface area contributed by atoms with Crippen LogP contribution in [0.4, 0.5) is 17.8 Å². The average molecular weight is 427 g/mol. The summed E-state index contributed by atoms with van der Waals surface area (Å²) < 4.78 is 0. The quantitative estimate of drug-likeness (QED) is 0.261. The molecule has 0 bridgehead atoms. The summed E-state index contributed by atoms with van der Waals surface area (Å²) in [5.41, 5.74) is 2.38. The van der Waals surface area contributed by atoms with Crippen LogP contribution in [0.15, 0.2) is 72.8 Å². The summed E-state index contributed by atoms with van der Waals surface area (Å²) >= 11 is 0. The van der Waals surface area contributed by atoms with Crippen molar-refractivity contribution >= 4 is 28.6 Å². The van der Waals surface area contributed by atoms with Gasteiger partial charge in [-0.05, 0) is 28.3 Å². The number of unbranched alkanes of at least 4 members (excludes halogenated alkanes) is 2. The second-order valence-electron chi connectivity index (χ2n) is 7.77. The number of hydrogen-bond acceptors (Lipinski definition) is 6. The second kappa shape index (κ2) is 11.1. The van der Waals surface area contributed by atoms with Crippen molar-refractivity contribution in [3.05, 3.63) is 83.9 Å². The molecule has 6 heteroatoms. The van der Waals surface area contributed by atoms with Gasteiger partial charge >= 0.3 is 0 Å². The first-order valence-electron chi connectivity index (χ1n) is 11.3. The number of aromatic nitrogens is 3. The van der Waals surface area contributed by atoms with Gasteiger partial charge in [-0.1, -0.05) is 92.6 Å². The molecule has 0 radical (unpaired) electrons. The number of hydrogen-bond donors (Lipinski definition) is 3. The van der Waals surface area contributed by atoms with Crippen molar-refractivity contribution in [2.75, 3.05) is 22.5 Å². The predicted octanol–water partition coefficient (Wildman–Crippen LogP) is 5.85. The van der Waals surface area contributed by atoms with Gasteiger partial charge in [0.1, 0.15) is 0 Å². The molecule has 0 amide bonds. The summed E-state index contributed by atoms with van der Waals surface area (Å²) in [5.74, 6) is 1.70. The molecule has 1 heterocycles. The van der Waals surface area contributed by atoms with Gasteiger partial charge in [-0.25, -0.2) is 0 Å². The number of anilines is 3. The Morgan fingerprint density at radius 3 is 2.06 bits per heavy atom. The van der Waals surface area contributed by atoms with E-state index in [-0.39, 0.29) is 0 Å². The van der Waals surface area contributed by atoms with Crippen LogP contribution >= 0.6 is 0 Å². The Labute approximate surface area is 189 Å². The molecule has 0 saturated carbocycles. The maximum Gasteiger partial charge on any atom is 0.229 e. The summed E-state index contributed by atoms with van der Waals surface area (Å²) in [5, 5.41) is 12.5. The van der Waals surface area contributed by atoms with Crippen LogP contribution in [0.25, 0.3) is 10.8 Å². The molecule has 0 aliphatic carbocycles. The van der Waals surface area contributed by atoms with E-state index in [4.69, 9.17) is 0 Å². The zero-order chi connectivity index (χ0) is 22.0. The van der Waals surface area contributed by atoms with E-state index in [0.29, 0.717) is 30.9 Å². The Kier molecular flexibility index (Phi) is 7.47. The van der Waals surface area contributed by atoms with Gasteiger partial charge in [-0.2, -0.15) is 15.0 Å². The third-order valence-corrected chi connectivity index (χ3v) is 5.31. The molecule has 164 valence electrons. The van der Waals surface area contributed by atoms with Crippen LogP contribution in [-0.2, 0) is 13.1 Å². The van der Waals surface area contributed by atoms with Crippen molar-refractivity contribution in [1.29, 1.82) is 0 Å². The maximum absolute atomic E-state index is 4.60. The van der Waals surface area contributed by atoms with Crippen LogP contribution in [0, 0.1) is 0 Å². The minimum Gasteiger partial charge on any atom is -0.354 e. The molecule has 0 saturated heterocycles. The summed E-state index contributed by atoms with van der Waals surface area (Å²) in [6.07, 6.45) is 3.46. The molecule has 32 heavy (non-hydrogen) atoms. The molecule has 0 fully saturated rings. The predicted molar refractivity (Wildman–Crippen MR) is 133 cm³/mol. The minimum atomic E-state index is 0.557. The molecule has 0 unspecified atom stereocenters. The van der Waals surface area contributed by atoms with Gasteiger partial charge in [0.15, 0.2) is 0 Å². The van der Waals surface area contributed by atoms with Crippen molar-refractivity contribution in [3.63, 3.8) is 0 Å². The highest BCUT2D eigenvalue weighted by Crippen LogP contribution is 2.20. The van der Waals surface area contributed by atoms with Crippen LogP contribution in [0.2, 0.25) is 0 Å². The van der Waals surface area contributed by atoms with E-state index in [9.17, 15) is 0 Å². The summed E-state index contributed by atoms with van der Waals surface area (Å²) in [6.45, 7) is 4.34. The van der Waals surface area contributed by atoms with Gasteiger partial charge in [-0.3, -0.25) is 0 Å². The van der Waals surface area contributed by atoms with E-state index in [1.165, 1.54) is 34.7 Å². The largest absolute Gasteiger partial charge is 0.354 e. The zero-order valence-electron chi connectivity index (χ0n) is 18.5. The minimum absolute atomic E-state index is 0.557. The van der Waals surface area contributed by atoms with Crippen LogP contribution in [0.1, 0.15) is 37.3 Å². The fourth-order valence-electron chi connectivity index (χ4n) is 3.59. The van der Waals surface area contributed by atoms with Crippen LogP contribution in [-0.4, -0.2) is 21.5 Å². The molecule has 0 atom stereocenters. The Bertz CT molecular complexity index is 1120. The van der Waals surface area contributed by atoms with E-state index in [2.05, 4.69) is 92.4 Å². The first-order valence-corrected chi connectivity index (χ1v) is 11.3. The Hall–Kier alpha value is -3.67. The molecule has 6 nitrogen and oxygen atoms in total. The molecular formula is C26H30N6. The lowest BCUT2D eigenvalue weighted by molar-refractivity contribution is 0.740. The highest BCUT2D eigenvalue weighted by Gasteiger charge is 2.08. The van der Waals surface area contributed by atoms with E-state index in [0.717, 1.165) is 13.0 Å².